The van der Waals surface area contributed by atoms with Gasteiger partial charge in [-0.25, -0.2) is 9.78 Å². The number of fused-ring (bicyclic) bond motifs is 1. The van der Waals surface area contributed by atoms with Crippen molar-refractivity contribution in [2.75, 3.05) is 13.2 Å². The molecular formula is C18H18N2O3. The Morgan fingerprint density at radius 1 is 1.17 bits per heavy atom. The molecule has 0 aliphatic carbocycles. The fraction of sp³-hybridized carbons (Fsp3) is 0.222. The third-order valence-electron chi connectivity index (χ3n) is 3.78. The fourth-order valence-electron chi connectivity index (χ4n) is 2.54. The van der Waals surface area contributed by atoms with Gasteiger partial charge >= 0.3 is 5.63 Å². The average Bonchev–Trinajstić information content (AvgIpc) is 2.59. The van der Waals surface area contributed by atoms with Crippen molar-refractivity contribution < 1.29 is 9.15 Å². The Morgan fingerprint density at radius 2 is 2.00 bits per heavy atom. The second-order valence-electron chi connectivity index (χ2n) is 5.31. The molecule has 0 saturated carbocycles. The number of aromatic nitrogens is 1. The zero-order valence-electron chi connectivity index (χ0n) is 12.6. The van der Waals surface area contributed by atoms with Crippen LogP contribution in [0.1, 0.15) is 17.9 Å². The molecule has 0 aliphatic heterocycles. The van der Waals surface area contributed by atoms with Gasteiger partial charge in [0.15, 0.2) is 6.39 Å². The van der Waals surface area contributed by atoms with Crippen molar-refractivity contribution in [2.45, 2.75) is 12.3 Å². The molecule has 0 radical (unpaired) electrons. The smallest absolute Gasteiger partial charge is 0.346 e. The number of hydrogen-bond acceptors (Lipinski definition) is 5. The highest BCUT2D eigenvalue weighted by Crippen LogP contribution is 2.22. The molecule has 0 aliphatic rings. The SMILES string of the molecule is NCCC(COc1ccc2c(=O)ocnc2c1)c1ccccc1. The Kier molecular flexibility index (Phi) is 4.68. The van der Waals surface area contributed by atoms with E-state index in [0.717, 1.165) is 12.8 Å². The van der Waals surface area contributed by atoms with E-state index in [1.54, 1.807) is 18.2 Å². The van der Waals surface area contributed by atoms with Gasteiger partial charge in [-0.1, -0.05) is 30.3 Å². The van der Waals surface area contributed by atoms with E-state index in [9.17, 15) is 4.79 Å². The van der Waals surface area contributed by atoms with Crippen molar-refractivity contribution in [1.82, 2.24) is 4.98 Å². The predicted octanol–water partition coefficient (Wildman–Crippen LogP) is 2.70. The molecule has 0 amide bonds. The van der Waals surface area contributed by atoms with Crippen LogP contribution in [0.5, 0.6) is 5.75 Å². The van der Waals surface area contributed by atoms with Gasteiger partial charge in [-0.3, -0.25) is 0 Å². The van der Waals surface area contributed by atoms with E-state index < -0.39 is 5.63 Å². The second kappa shape index (κ2) is 7.07. The van der Waals surface area contributed by atoms with Gasteiger partial charge in [0, 0.05) is 12.0 Å². The van der Waals surface area contributed by atoms with E-state index in [-0.39, 0.29) is 5.92 Å². The topological polar surface area (TPSA) is 78.4 Å². The molecule has 1 atom stereocenters. The molecule has 0 bridgehead atoms. The first-order chi connectivity index (χ1) is 11.3. The van der Waals surface area contributed by atoms with E-state index in [4.69, 9.17) is 14.9 Å². The highest BCUT2D eigenvalue weighted by molar-refractivity contribution is 5.78. The Morgan fingerprint density at radius 3 is 2.78 bits per heavy atom. The van der Waals surface area contributed by atoms with Crippen molar-refractivity contribution in [1.29, 1.82) is 0 Å². The van der Waals surface area contributed by atoms with E-state index in [1.807, 2.05) is 18.2 Å². The molecule has 3 aromatic rings. The summed E-state index contributed by atoms with van der Waals surface area (Å²) in [4.78, 5) is 15.6. The molecule has 2 N–H and O–H groups in total. The van der Waals surface area contributed by atoms with Crippen LogP contribution < -0.4 is 16.1 Å². The van der Waals surface area contributed by atoms with Crippen LogP contribution in [0.15, 0.2) is 64.1 Å². The van der Waals surface area contributed by atoms with Gasteiger partial charge in [-0.15, -0.1) is 0 Å². The summed E-state index contributed by atoms with van der Waals surface area (Å²) in [5, 5.41) is 0.446. The lowest BCUT2D eigenvalue weighted by Gasteiger charge is -2.17. The largest absolute Gasteiger partial charge is 0.493 e. The molecular weight excluding hydrogens is 292 g/mol. The van der Waals surface area contributed by atoms with Gasteiger partial charge in [0.1, 0.15) is 5.75 Å². The van der Waals surface area contributed by atoms with Crippen LogP contribution in [-0.2, 0) is 0 Å². The summed E-state index contributed by atoms with van der Waals surface area (Å²) in [7, 11) is 0. The molecule has 23 heavy (non-hydrogen) atoms. The minimum absolute atomic E-state index is 0.227. The summed E-state index contributed by atoms with van der Waals surface area (Å²) >= 11 is 0. The van der Waals surface area contributed by atoms with Crippen molar-refractivity contribution in [3.8, 4) is 5.75 Å². The number of benzene rings is 2. The first kappa shape index (κ1) is 15.2. The molecule has 1 aromatic heterocycles. The third-order valence-corrected chi connectivity index (χ3v) is 3.78. The maximum absolute atomic E-state index is 11.6. The molecule has 5 heteroatoms. The Bertz CT molecular complexity index is 830. The van der Waals surface area contributed by atoms with Crippen LogP contribution in [0.4, 0.5) is 0 Å². The zero-order valence-corrected chi connectivity index (χ0v) is 12.6. The highest BCUT2D eigenvalue weighted by atomic mass is 16.5. The molecule has 1 unspecified atom stereocenters. The third kappa shape index (κ3) is 3.57. The van der Waals surface area contributed by atoms with Gasteiger partial charge in [0.25, 0.3) is 0 Å². The molecule has 118 valence electrons. The second-order valence-corrected chi connectivity index (χ2v) is 5.31. The summed E-state index contributed by atoms with van der Waals surface area (Å²) in [5.41, 5.74) is 7.09. The van der Waals surface area contributed by atoms with Crippen molar-refractivity contribution in [3.05, 3.63) is 70.9 Å². The lowest BCUT2D eigenvalue weighted by molar-refractivity contribution is 0.283. The van der Waals surface area contributed by atoms with Crippen LogP contribution >= 0.6 is 0 Å². The molecule has 2 aromatic carbocycles. The highest BCUT2D eigenvalue weighted by Gasteiger charge is 2.12. The number of rotatable bonds is 6. The van der Waals surface area contributed by atoms with Crippen molar-refractivity contribution in [3.63, 3.8) is 0 Å². The Labute approximate surface area is 133 Å². The lowest BCUT2D eigenvalue weighted by Crippen LogP contribution is -2.15. The summed E-state index contributed by atoms with van der Waals surface area (Å²) < 4.78 is 10.6. The first-order valence-corrected chi connectivity index (χ1v) is 7.53. The quantitative estimate of drug-likeness (QED) is 0.757. The maximum Gasteiger partial charge on any atom is 0.346 e. The summed E-state index contributed by atoms with van der Waals surface area (Å²) in [6.07, 6.45) is 2.00. The van der Waals surface area contributed by atoms with Crippen LogP contribution in [0, 0.1) is 0 Å². The van der Waals surface area contributed by atoms with Crippen LogP contribution in [0.25, 0.3) is 10.9 Å². The molecule has 5 nitrogen and oxygen atoms in total. The zero-order chi connectivity index (χ0) is 16.1. The monoisotopic (exact) mass is 310 g/mol. The number of nitrogens with two attached hydrogens (primary N) is 1. The molecule has 0 saturated heterocycles. The minimum Gasteiger partial charge on any atom is -0.493 e. The number of ether oxygens (including phenoxy) is 1. The maximum atomic E-state index is 11.6. The molecule has 0 spiro atoms. The molecule has 0 fully saturated rings. The van der Waals surface area contributed by atoms with Crippen LogP contribution in [0.2, 0.25) is 0 Å². The summed E-state index contributed by atoms with van der Waals surface area (Å²) in [6, 6.07) is 15.3. The standard InChI is InChI=1S/C18H18N2O3/c19-9-8-14(13-4-2-1-3-5-13)11-22-15-6-7-16-17(10-15)20-12-23-18(16)21/h1-7,10,12,14H,8-9,11,19H2. The van der Waals surface area contributed by atoms with Gasteiger partial charge in [-0.2, -0.15) is 0 Å². The average molecular weight is 310 g/mol. The van der Waals surface area contributed by atoms with Gasteiger partial charge in [0.05, 0.1) is 17.5 Å². The lowest BCUT2D eigenvalue weighted by atomic mass is 9.97. The van der Waals surface area contributed by atoms with Crippen molar-refractivity contribution in [2.24, 2.45) is 5.73 Å². The first-order valence-electron chi connectivity index (χ1n) is 7.53. The van der Waals surface area contributed by atoms with Gasteiger partial charge in [-0.05, 0) is 30.7 Å². The van der Waals surface area contributed by atoms with Crippen LogP contribution in [-0.4, -0.2) is 18.1 Å². The molecule has 1 heterocycles. The van der Waals surface area contributed by atoms with Crippen molar-refractivity contribution >= 4 is 10.9 Å². The Hall–Kier alpha value is -2.66. The fourth-order valence-corrected chi connectivity index (χ4v) is 2.54. The summed E-state index contributed by atoms with van der Waals surface area (Å²) in [6.45, 7) is 1.12. The number of nitrogens with zero attached hydrogens (tertiary/aromatic N) is 1. The van der Waals surface area contributed by atoms with E-state index in [2.05, 4.69) is 17.1 Å². The summed E-state index contributed by atoms with van der Waals surface area (Å²) in [5.74, 6) is 0.902. The normalized spacial score (nSPS) is 12.2. The van der Waals surface area contributed by atoms with Gasteiger partial charge in [0.2, 0.25) is 0 Å². The van der Waals surface area contributed by atoms with Gasteiger partial charge < -0.3 is 14.9 Å². The minimum atomic E-state index is -0.396. The van der Waals surface area contributed by atoms with E-state index in [1.165, 1.54) is 5.56 Å². The Balaban J connectivity index is 1.77. The number of hydrogen-bond donors (Lipinski definition) is 1. The van der Waals surface area contributed by atoms with E-state index >= 15 is 0 Å². The van der Waals surface area contributed by atoms with Crippen LogP contribution in [0.3, 0.4) is 0 Å². The van der Waals surface area contributed by atoms with E-state index in [0.29, 0.717) is 29.8 Å². The predicted molar refractivity (Wildman–Crippen MR) is 88.6 cm³/mol. The molecule has 3 rings (SSSR count).